The summed E-state index contributed by atoms with van der Waals surface area (Å²) in [6, 6.07) is 5.65. The second-order valence-corrected chi connectivity index (χ2v) is 6.19. The number of nitrogen functional groups attached to an aromatic ring is 1. The summed E-state index contributed by atoms with van der Waals surface area (Å²) in [5, 5.41) is 18.8. The van der Waals surface area contributed by atoms with Gasteiger partial charge in [-0.3, -0.25) is 4.79 Å². The van der Waals surface area contributed by atoms with Crippen LogP contribution >= 0.6 is 27.3 Å². The maximum absolute atomic E-state index is 12.4. The Labute approximate surface area is 128 Å². The lowest BCUT2D eigenvalue weighted by Gasteiger charge is -2.20. The van der Waals surface area contributed by atoms with Gasteiger partial charge in [0.15, 0.2) is 0 Å². The predicted molar refractivity (Wildman–Crippen MR) is 84.0 cm³/mol. The van der Waals surface area contributed by atoms with Crippen LogP contribution in [0, 0.1) is 0 Å². The molecule has 7 heteroatoms. The molecule has 5 nitrogen and oxygen atoms in total. The van der Waals surface area contributed by atoms with E-state index < -0.39 is 0 Å². The van der Waals surface area contributed by atoms with Gasteiger partial charge in [-0.1, -0.05) is 22.0 Å². The van der Waals surface area contributed by atoms with Crippen molar-refractivity contribution in [3.63, 3.8) is 0 Å². The van der Waals surface area contributed by atoms with E-state index in [1.165, 1.54) is 16.2 Å². The predicted octanol–water partition coefficient (Wildman–Crippen LogP) is 1.67. The number of anilines is 1. The topological polar surface area (TPSA) is 86.8 Å². The Hall–Kier alpha value is -1.15. The molecule has 0 aliphatic rings. The first-order chi connectivity index (χ1) is 9.58. The first kappa shape index (κ1) is 15.2. The zero-order valence-corrected chi connectivity index (χ0v) is 13.1. The third-order valence-electron chi connectivity index (χ3n) is 2.91. The van der Waals surface area contributed by atoms with E-state index in [4.69, 9.17) is 15.9 Å². The molecule has 2 aromatic rings. The second kappa shape index (κ2) is 6.53. The van der Waals surface area contributed by atoms with Gasteiger partial charge in [0.2, 0.25) is 0 Å². The molecule has 0 atom stereocenters. The minimum Gasteiger partial charge on any atom is -0.397 e. The van der Waals surface area contributed by atoms with Gasteiger partial charge in [0.1, 0.15) is 4.88 Å². The lowest BCUT2D eigenvalue weighted by molar-refractivity contribution is 0.0690. The number of benzene rings is 1. The molecule has 0 saturated carbocycles. The van der Waals surface area contributed by atoms with Gasteiger partial charge in [0.25, 0.3) is 5.91 Å². The normalized spacial score (nSPS) is 10.9. The van der Waals surface area contributed by atoms with E-state index in [1.807, 2.05) is 18.2 Å². The number of amides is 1. The van der Waals surface area contributed by atoms with Crippen molar-refractivity contribution >= 4 is 48.9 Å². The zero-order valence-electron chi connectivity index (χ0n) is 10.7. The smallest absolute Gasteiger partial charge is 0.266 e. The van der Waals surface area contributed by atoms with E-state index in [0.717, 1.165) is 14.6 Å². The van der Waals surface area contributed by atoms with Crippen molar-refractivity contribution in [2.24, 2.45) is 0 Å². The van der Waals surface area contributed by atoms with E-state index in [9.17, 15) is 4.79 Å². The average Bonchev–Trinajstić information content (AvgIpc) is 2.74. The Morgan fingerprint density at radius 1 is 1.30 bits per heavy atom. The summed E-state index contributed by atoms with van der Waals surface area (Å²) in [7, 11) is 0. The first-order valence-corrected chi connectivity index (χ1v) is 7.68. The number of aliphatic hydroxyl groups is 2. The monoisotopic (exact) mass is 358 g/mol. The van der Waals surface area contributed by atoms with Crippen LogP contribution < -0.4 is 5.73 Å². The Kier molecular flexibility index (Phi) is 4.98. The highest BCUT2D eigenvalue weighted by atomic mass is 79.9. The second-order valence-electron chi connectivity index (χ2n) is 4.22. The number of hydrogen-bond donors (Lipinski definition) is 3. The number of thiophene rings is 1. The summed E-state index contributed by atoms with van der Waals surface area (Å²) in [5.41, 5.74) is 6.49. The van der Waals surface area contributed by atoms with Crippen molar-refractivity contribution < 1.29 is 15.0 Å². The Bertz CT molecular complexity index is 623. The number of carbonyl (C=O) groups is 1. The van der Waals surface area contributed by atoms with Crippen molar-refractivity contribution in [2.45, 2.75) is 0 Å². The van der Waals surface area contributed by atoms with Crippen molar-refractivity contribution in [1.82, 2.24) is 4.90 Å². The van der Waals surface area contributed by atoms with Gasteiger partial charge in [0, 0.05) is 27.6 Å². The van der Waals surface area contributed by atoms with Gasteiger partial charge in [-0.05, 0) is 12.1 Å². The molecule has 0 aliphatic heterocycles. The average molecular weight is 359 g/mol. The molecule has 1 heterocycles. The van der Waals surface area contributed by atoms with Crippen molar-refractivity contribution in [1.29, 1.82) is 0 Å². The molecule has 1 aromatic heterocycles. The number of rotatable bonds is 5. The van der Waals surface area contributed by atoms with Gasteiger partial charge >= 0.3 is 0 Å². The van der Waals surface area contributed by atoms with Crippen LogP contribution in [-0.2, 0) is 0 Å². The fourth-order valence-corrected chi connectivity index (χ4v) is 3.59. The maximum Gasteiger partial charge on any atom is 0.266 e. The van der Waals surface area contributed by atoms with Crippen molar-refractivity contribution in [3.05, 3.63) is 27.5 Å². The van der Waals surface area contributed by atoms with Gasteiger partial charge in [-0.2, -0.15) is 0 Å². The molecule has 0 unspecified atom stereocenters. The zero-order chi connectivity index (χ0) is 14.7. The number of nitrogens with two attached hydrogens (primary N) is 1. The molecule has 20 heavy (non-hydrogen) atoms. The van der Waals surface area contributed by atoms with Gasteiger partial charge in [0.05, 0.1) is 18.9 Å². The number of fused-ring (bicyclic) bond motifs is 1. The molecular formula is C13H15BrN2O3S. The molecule has 1 aromatic carbocycles. The molecule has 2 rings (SSSR count). The molecular weight excluding hydrogens is 344 g/mol. The molecule has 0 saturated heterocycles. The molecule has 4 N–H and O–H groups in total. The fraction of sp³-hybridized carbons (Fsp3) is 0.308. The molecule has 1 amide bonds. The summed E-state index contributed by atoms with van der Waals surface area (Å²) in [4.78, 5) is 14.3. The third kappa shape index (κ3) is 2.95. The number of nitrogens with zero attached hydrogens (tertiary/aromatic N) is 1. The maximum atomic E-state index is 12.4. The van der Waals surface area contributed by atoms with Crippen LogP contribution in [0.15, 0.2) is 22.7 Å². The number of carbonyl (C=O) groups excluding carboxylic acids is 1. The van der Waals surface area contributed by atoms with Crippen LogP contribution in [0.4, 0.5) is 5.69 Å². The van der Waals surface area contributed by atoms with E-state index >= 15 is 0 Å². The molecule has 108 valence electrons. The summed E-state index contributed by atoms with van der Waals surface area (Å²) < 4.78 is 1.85. The molecule has 0 spiro atoms. The quantitative estimate of drug-likeness (QED) is 0.758. The van der Waals surface area contributed by atoms with Gasteiger partial charge in [-0.25, -0.2) is 0 Å². The largest absolute Gasteiger partial charge is 0.397 e. The first-order valence-electron chi connectivity index (χ1n) is 6.07. The van der Waals surface area contributed by atoms with E-state index in [0.29, 0.717) is 10.6 Å². The van der Waals surface area contributed by atoms with Crippen LogP contribution in [0.25, 0.3) is 10.1 Å². The van der Waals surface area contributed by atoms with E-state index in [2.05, 4.69) is 15.9 Å². The highest BCUT2D eigenvalue weighted by molar-refractivity contribution is 9.10. The fourth-order valence-electron chi connectivity index (χ4n) is 1.95. The minimum atomic E-state index is -0.261. The third-order valence-corrected chi connectivity index (χ3v) is 4.56. The Morgan fingerprint density at radius 2 is 1.95 bits per heavy atom. The lowest BCUT2D eigenvalue weighted by atomic mass is 10.2. The van der Waals surface area contributed by atoms with E-state index in [1.54, 1.807) is 0 Å². The summed E-state index contributed by atoms with van der Waals surface area (Å²) in [5.74, 6) is -0.261. The molecule has 0 radical (unpaired) electrons. The van der Waals surface area contributed by atoms with Crippen LogP contribution in [0.1, 0.15) is 9.67 Å². The van der Waals surface area contributed by atoms with Crippen LogP contribution in [0.3, 0.4) is 0 Å². The van der Waals surface area contributed by atoms with Crippen molar-refractivity contribution in [3.8, 4) is 0 Å². The molecule has 0 aliphatic carbocycles. The van der Waals surface area contributed by atoms with Crippen LogP contribution in [-0.4, -0.2) is 47.3 Å². The van der Waals surface area contributed by atoms with Crippen LogP contribution in [0.5, 0.6) is 0 Å². The Morgan fingerprint density at radius 3 is 2.55 bits per heavy atom. The number of aliphatic hydroxyl groups excluding tert-OH is 2. The highest BCUT2D eigenvalue weighted by Gasteiger charge is 2.21. The highest BCUT2D eigenvalue weighted by Crippen LogP contribution is 2.35. The molecule has 0 fully saturated rings. The Balaban J connectivity index is 2.40. The van der Waals surface area contributed by atoms with Gasteiger partial charge in [-0.15, -0.1) is 11.3 Å². The van der Waals surface area contributed by atoms with E-state index in [-0.39, 0.29) is 32.2 Å². The summed E-state index contributed by atoms with van der Waals surface area (Å²) in [6.45, 7) is 0.0533. The SMILES string of the molecule is Nc1c(C(=O)N(CCO)CCO)sc2cc(Br)ccc12. The summed E-state index contributed by atoms with van der Waals surface area (Å²) in [6.07, 6.45) is 0. The minimum absolute atomic E-state index is 0.151. The lowest BCUT2D eigenvalue weighted by Crippen LogP contribution is -2.35. The molecule has 0 bridgehead atoms. The van der Waals surface area contributed by atoms with Crippen LogP contribution in [0.2, 0.25) is 0 Å². The van der Waals surface area contributed by atoms with Crippen molar-refractivity contribution in [2.75, 3.05) is 32.0 Å². The number of halogens is 1. The van der Waals surface area contributed by atoms with Gasteiger partial charge < -0.3 is 20.8 Å². The number of hydrogen-bond acceptors (Lipinski definition) is 5. The summed E-state index contributed by atoms with van der Waals surface area (Å²) >= 11 is 4.70. The standard InChI is InChI=1S/C13H15BrN2O3S/c14-8-1-2-9-10(7-8)20-12(11(9)15)13(19)16(3-5-17)4-6-18/h1-2,7,17-18H,3-6,15H2.